The van der Waals surface area contributed by atoms with E-state index in [9.17, 15) is 23.6 Å². The van der Waals surface area contributed by atoms with Gasteiger partial charge in [-0.3, -0.25) is 19.3 Å². The van der Waals surface area contributed by atoms with Gasteiger partial charge >= 0.3 is 5.97 Å². The van der Waals surface area contributed by atoms with E-state index in [1.54, 1.807) is 19.1 Å². The summed E-state index contributed by atoms with van der Waals surface area (Å²) in [7, 11) is 1.24. The van der Waals surface area contributed by atoms with Crippen LogP contribution in [0.5, 0.6) is 11.5 Å². The minimum atomic E-state index is -0.630. The van der Waals surface area contributed by atoms with Gasteiger partial charge < -0.3 is 19.5 Å². The van der Waals surface area contributed by atoms with Crippen LogP contribution in [0.15, 0.2) is 45.8 Å². The van der Waals surface area contributed by atoms with E-state index in [1.807, 2.05) is 0 Å². The number of amides is 3. The van der Waals surface area contributed by atoms with Crippen LogP contribution in [-0.2, 0) is 19.1 Å². The molecule has 0 aromatic heterocycles. The Balaban J connectivity index is 1.75. The Morgan fingerprint density at radius 3 is 2.54 bits per heavy atom. The number of benzene rings is 2. The number of esters is 1. The van der Waals surface area contributed by atoms with E-state index in [2.05, 4.69) is 26.0 Å². The van der Waals surface area contributed by atoms with Crippen LogP contribution >= 0.6 is 27.7 Å². The fourth-order valence-corrected chi connectivity index (χ4v) is 4.34. The van der Waals surface area contributed by atoms with Crippen LogP contribution in [-0.4, -0.2) is 54.8 Å². The number of imide groups is 1. The predicted molar refractivity (Wildman–Crippen MR) is 131 cm³/mol. The minimum Gasteiger partial charge on any atom is -0.490 e. The summed E-state index contributed by atoms with van der Waals surface area (Å²) in [6, 6.07) is 8.32. The van der Waals surface area contributed by atoms with Gasteiger partial charge in [0.25, 0.3) is 11.1 Å². The highest BCUT2D eigenvalue weighted by Gasteiger charge is 2.36. The van der Waals surface area contributed by atoms with Gasteiger partial charge in [-0.15, -0.1) is 0 Å². The summed E-state index contributed by atoms with van der Waals surface area (Å²) in [6.45, 7) is 1.26. The van der Waals surface area contributed by atoms with Gasteiger partial charge in [-0.05, 0) is 82.7 Å². The number of rotatable bonds is 9. The van der Waals surface area contributed by atoms with E-state index >= 15 is 0 Å². The number of hydrogen-bond donors (Lipinski definition) is 1. The van der Waals surface area contributed by atoms with E-state index in [-0.39, 0.29) is 17.3 Å². The molecule has 1 aliphatic rings. The Morgan fingerprint density at radius 2 is 1.89 bits per heavy atom. The third-order valence-electron chi connectivity index (χ3n) is 4.49. The molecule has 0 unspecified atom stereocenters. The van der Waals surface area contributed by atoms with E-state index in [0.717, 1.165) is 4.90 Å². The first-order valence-electron chi connectivity index (χ1n) is 10.2. The van der Waals surface area contributed by atoms with Gasteiger partial charge in [0.05, 0.1) is 23.1 Å². The van der Waals surface area contributed by atoms with Gasteiger partial charge in [-0.25, -0.2) is 9.18 Å². The second-order valence-corrected chi connectivity index (χ2v) is 8.80. The molecule has 2 aromatic carbocycles. The Hall–Kier alpha value is -3.38. The SMILES string of the molecule is CCOc1cc(/C=C2\SC(=O)N(CC(=O)Nc3ccc(F)cc3)C2=O)cc(Br)c1OCC(=O)OC. The Labute approximate surface area is 212 Å². The Bertz CT molecular complexity index is 1190. The second-order valence-electron chi connectivity index (χ2n) is 6.95. The van der Waals surface area contributed by atoms with Crippen molar-refractivity contribution in [2.24, 2.45) is 0 Å². The maximum atomic E-state index is 13.0. The number of thioether (sulfide) groups is 1. The fourth-order valence-electron chi connectivity index (χ4n) is 2.93. The Morgan fingerprint density at radius 1 is 1.17 bits per heavy atom. The fraction of sp³-hybridized carbons (Fsp3) is 0.217. The molecular formula is C23H20BrFN2O7S. The molecule has 1 heterocycles. The smallest absolute Gasteiger partial charge is 0.343 e. The summed E-state index contributed by atoms with van der Waals surface area (Å²) in [5.74, 6) is -1.67. The summed E-state index contributed by atoms with van der Waals surface area (Å²) in [4.78, 5) is 49.8. The maximum Gasteiger partial charge on any atom is 0.343 e. The van der Waals surface area contributed by atoms with Crippen molar-refractivity contribution < 1.29 is 37.8 Å². The number of nitrogens with one attached hydrogen (secondary N) is 1. The standard InChI is InChI=1S/C23H20BrFN2O7S/c1-3-33-17-9-13(8-16(24)21(17)34-12-20(29)32-2)10-18-22(30)27(23(31)35-18)11-19(28)26-15-6-4-14(25)5-7-15/h4-10H,3,11-12H2,1-2H3,(H,26,28)/b18-10-. The lowest BCUT2D eigenvalue weighted by atomic mass is 10.2. The average Bonchev–Trinajstić information content (AvgIpc) is 3.07. The van der Waals surface area contributed by atoms with Gasteiger partial charge in [-0.2, -0.15) is 0 Å². The number of hydrogen-bond acceptors (Lipinski definition) is 8. The minimum absolute atomic E-state index is 0.113. The molecule has 9 nitrogen and oxygen atoms in total. The highest BCUT2D eigenvalue weighted by Crippen LogP contribution is 2.39. The molecule has 35 heavy (non-hydrogen) atoms. The number of methoxy groups -OCH3 is 1. The van der Waals surface area contributed by atoms with Crippen LogP contribution < -0.4 is 14.8 Å². The van der Waals surface area contributed by atoms with Gasteiger partial charge in [0.15, 0.2) is 18.1 Å². The number of halogens is 2. The molecule has 0 atom stereocenters. The van der Waals surface area contributed by atoms with Crippen molar-refractivity contribution in [3.63, 3.8) is 0 Å². The van der Waals surface area contributed by atoms with Gasteiger partial charge in [0.2, 0.25) is 5.91 Å². The highest BCUT2D eigenvalue weighted by molar-refractivity contribution is 9.10. The van der Waals surface area contributed by atoms with E-state index < -0.39 is 35.4 Å². The lowest BCUT2D eigenvalue weighted by molar-refractivity contribution is -0.143. The third kappa shape index (κ3) is 6.83. The molecule has 0 aliphatic carbocycles. The lowest BCUT2D eigenvalue weighted by Gasteiger charge is -2.14. The van der Waals surface area contributed by atoms with E-state index in [0.29, 0.717) is 39.8 Å². The molecule has 0 saturated carbocycles. The molecule has 0 bridgehead atoms. The first-order valence-corrected chi connectivity index (χ1v) is 11.8. The lowest BCUT2D eigenvalue weighted by Crippen LogP contribution is -2.36. The number of ether oxygens (including phenoxy) is 3. The van der Waals surface area contributed by atoms with Crippen LogP contribution in [0, 0.1) is 5.82 Å². The molecule has 1 saturated heterocycles. The molecule has 1 N–H and O–H groups in total. The van der Waals surface area contributed by atoms with Crippen molar-refractivity contribution in [2.45, 2.75) is 6.92 Å². The third-order valence-corrected chi connectivity index (χ3v) is 5.99. The van der Waals surface area contributed by atoms with Crippen LogP contribution in [0.1, 0.15) is 12.5 Å². The van der Waals surface area contributed by atoms with Crippen LogP contribution in [0.4, 0.5) is 14.9 Å². The summed E-state index contributed by atoms with van der Waals surface area (Å²) >= 11 is 4.06. The first-order chi connectivity index (χ1) is 16.7. The zero-order chi connectivity index (χ0) is 25.5. The van der Waals surface area contributed by atoms with Crippen molar-refractivity contribution in [2.75, 3.05) is 32.2 Å². The molecule has 2 aromatic rings. The van der Waals surface area contributed by atoms with Crippen LogP contribution in [0.25, 0.3) is 6.08 Å². The van der Waals surface area contributed by atoms with Crippen LogP contribution in [0.2, 0.25) is 0 Å². The summed E-state index contributed by atoms with van der Waals surface area (Å²) in [6.07, 6.45) is 1.49. The molecule has 184 valence electrons. The number of carbonyl (C=O) groups is 4. The number of carbonyl (C=O) groups excluding carboxylic acids is 4. The van der Waals surface area contributed by atoms with Crippen molar-refractivity contribution in [1.82, 2.24) is 4.90 Å². The van der Waals surface area contributed by atoms with Crippen molar-refractivity contribution >= 4 is 62.5 Å². The van der Waals surface area contributed by atoms with E-state index in [4.69, 9.17) is 9.47 Å². The van der Waals surface area contributed by atoms with E-state index in [1.165, 1.54) is 37.5 Å². The molecule has 1 fully saturated rings. The highest BCUT2D eigenvalue weighted by atomic mass is 79.9. The second kappa shape index (κ2) is 11.8. The Kier molecular flexibility index (Phi) is 8.88. The molecule has 3 rings (SSSR count). The summed E-state index contributed by atoms with van der Waals surface area (Å²) in [5.41, 5.74) is 0.855. The molecule has 3 amide bonds. The topological polar surface area (TPSA) is 111 Å². The molecule has 12 heteroatoms. The summed E-state index contributed by atoms with van der Waals surface area (Å²) < 4.78 is 29.1. The maximum absolute atomic E-state index is 13.0. The van der Waals surface area contributed by atoms with Crippen LogP contribution in [0.3, 0.4) is 0 Å². The van der Waals surface area contributed by atoms with Crippen molar-refractivity contribution in [3.05, 3.63) is 57.2 Å². The number of nitrogens with zero attached hydrogens (tertiary/aromatic N) is 1. The quantitative estimate of drug-likeness (QED) is 0.355. The molecule has 0 spiro atoms. The number of anilines is 1. The first kappa shape index (κ1) is 26.2. The zero-order valence-corrected chi connectivity index (χ0v) is 21.0. The predicted octanol–water partition coefficient (Wildman–Crippen LogP) is 4.21. The summed E-state index contributed by atoms with van der Waals surface area (Å²) in [5, 5.41) is 1.91. The molecular weight excluding hydrogens is 547 g/mol. The zero-order valence-electron chi connectivity index (χ0n) is 18.6. The largest absolute Gasteiger partial charge is 0.490 e. The molecule has 0 radical (unpaired) electrons. The van der Waals surface area contributed by atoms with Gasteiger partial charge in [-0.1, -0.05) is 0 Å². The van der Waals surface area contributed by atoms with Gasteiger partial charge in [0.1, 0.15) is 12.4 Å². The van der Waals surface area contributed by atoms with Crippen molar-refractivity contribution in [1.29, 1.82) is 0 Å². The molecule has 1 aliphatic heterocycles. The monoisotopic (exact) mass is 566 g/mol. The van der Waals surface area contributed by atoms with Crippen molar-refractivity contribution in [3.8, 4) is 11.5 Å². The average molecular weight is 567 g/mol. The van der Waals surface area contributed by atoms with Gasteiger partial charge in [0, 0.05) is 5.69 Å². The normalized spacial score (nSPS) is 14.3.